The van der Waals surface area contributed by atoms with Crippen LogP contribution >= 0.6 is 46.2 Å². The second-order valence-corrected chi connectivity index (χ2v) is 9.88. The number of hydrogen-bond acceptors (Lipinski definition) is 7. The van der Waals surface area contributed by atoms with Crippen LogP contribution in [-0.2, 0) is 4.79 Å². The average molecular weight is 469 g/mol. The number of rotatable bonds is 8. The molecule has 0 radical (unpaired) electrons. The second kappa shape index (κ2) is 10.00. The van der Waals surface area contributed by atoms with Crippen LogP contribution in [0.25, 0.3) is 21.1 Å². The molecule has 0 bridgehead atoms. The number of aromatic nitrogens is 2. The van der Waals surface area contributed by atoms with Gasteiger partial charge in [0.05, 0.1) is 38.7 Å². The SMILES string of the molecule is N#CCSc1ccccc1NC(=O)CSc1nc(-c2cccs2)c(-c2cccs2)[nH]1. The number of nitriles is 1. The van der Waals surface area contributed by atoms with Gasteiger partial charge in [0.1, 0.15) is 5.69 Å². The van der Waals surface area contributed by atoms with Crippen LogP contribution in [0.3, 0.4) is 0 Å². The molecular weight excluding hydrogens is 453 g/mol. The monoisotopic (exact) mass is 468 g/mol. The smallest absolute Gasteiger partial charge is 0.234 e. The number of benzene rings is 1. The predicted molar refractivity (Wildman–Crippen MR) is 127 cm³/mol. The molecule has 0 unspecified atom stereocenters. The summed E-state index contributed by atoms with van der Waals surface area (Å²) in [6, 6.07) is 17.8. The molecule has 1 aromatic carbocycles. The number of anilines is 1. The van der Waals surface area contributed by atoms with E-state index in [2.05, 4.69) is 28.5 Å². The van der Waals surface area contributed by atoms with Crippen LogP contribution in [0.15, 0.2) is 69.3 Å². The van der Waals surface area contributed by atoms with Crippen molar-refractivity contribution >= 4 is 57.8 Å². The van der Waals surface area contributed by atoms with E-state index in [1.807, 2.05) is 47.2 Å². The van der Waals surface area contributed by atoms with Gasteiger partial charge in [-0.2, -0.15) is 5.26 Å². The van der Waals surface area contributed by atoms with Gasteiger partial charge in [-0.05, 0) is 35.0 Å². The van der Waals surface area contributed by atoms with Crippen LogP contribution in [0.1, 0.15) is 0 Å². The normalized spacial score (nSPS) is 10.6. The Bertz CT molecular complexity index is 1110. The van der Waals surface area contributed by atoms with Crippen molar-refractivity contribution in [1.82, 2.24) is 9.97 Å². The molecule has 30 heavy (non-hydrogen) atoms. The zero-order chi connectivity index (χ0) is 20.8. The molecule has 9 heteroatoms. The van der Waals surface area contributed by atoms with Gasteiger partial charge >= 0.3 is 0 Å². The first-order chi connectivity index (χ1) is 14.7. The Hall–Kier alpha value is -2.51. The summed E-state index contributed by atoms with van der Waals surface area (Å²) in [5, 5.41) is 16.5. The molecule has 4 rings (SSSR count). The summed E-state index contributed by atoms with van der Waals surface area (Å²) in [4.78, 5) is 23.7. The summed E-state index contributed by atoms with van der Waals surface area (Å²) >= 11 is 6.08. The lowest BCUT2D eigenvalue weighted by molar-refractivity contribution is -0.113. The summed E-state index contributed by atoms with van der Waals surface area (Å²) in [7, 11) is 0. The van der Waals surface area contributed by atoms with Crippen molar-refractivity contribution in [2.75, 3.05) is 16.8 Å². The highest BCUT2D eigenvalue weighted by Crippen LogP contribution is 2.37. The molecule has 0 aliphatic heterocycles. The third kappa shape index (κ3) is 4.96. The van der Waals surface area contributed by atoms with E-state index in [4.69, 9.17) is 10.2 Å². The van der Waals surface area contributed by atoms with Crippen molar-refractivity contribution < 1.29 is 4.79 Å². The first-order valence-electron chi connectivity index (χ1n) is 8.94. The number of hydrogen-bond donors (Lipinski definition) is 2. The molecule has 0 saturated heterocycles. The van der Waals surface area contributed by atoms with Gasteiger partial charge in [-0.15, -0.1) is 34.4 Å². The summed E-state index contributed by atoms with van der Waals surface area (Å²) in [5.74, 6) is 0.459. The first kappa shape index (κ1) is 20.8. The lowest BCUT2D eigenvalue weighted by Crippen LogP contribution is -2.14. The largest absolute Gasteiger partial charge is 0.332 e. The fourth-order valence-electron chi connectivity index (χ4n) is 2.74. The van der Waals surface area contributed by atoms with Crippen molar-refractivity contribution in [2.45, 2.75) is 10.1 Å². The van der Waals surface area contributed by atoms with Gasteiger partial charge in [0, 0.05) is 4.90 Å². The fourth-order valence-corrected chi connectivity index (χ4v) is 5.52. The number of thioether (sulfide) groups is 2. The second-order valence-electron chi connectivity index (χ2n) is 6.00. The lowest BCUT2D eigenvalue weighted by Gasteiger charge is -2.09. The molecule has 4 aromatic rings. The number of thiophene rings is 2. The summed E-state index contributed by atoms with van der Waals surface area (Å²) in [6.07, 6.45) is 0. The number of para-hydroxylation sites is 1. The van der Waals surface area contributed by atoms with Gasteiger partial charge in [-0.3, -0.25) is 4.79 Å². The number of amides is 1. The van der Waals surface area contributed by atoms with Gasteiger partial charge in [0.2, 0.25) is 5.91 Å². The fraction of sp³-hybridized carbons (Fsp3) is 0.0952. The van der Waals surface area contributed by atoms with E-state index in [1.54, 1.807) is 22.7 Å². The Labute approximate surface area is 190 Å². The van der Waals surface area contributed by atoms with Crippen LogP contribution in [0.5, 0.6) is 0 Å². The molecule has 2 N–H and O–H groups in total. The number of aromatic amines is 1. The zero-order valence-corrected chi connectivity index (χ0v) is 18.9. The van der Waals surface area contributed by atoms with Crippen molar-refractivity contribution in [3.05, 3.63) is 59.3 Å². The number of imidazole rings is 1. The highest BCUT2D eigenvalue weighted by atomic mass is 32.2. The van der Waals surface area contributed by atoms with E-state index >= 15 is 0 Å². The predicted octanol–water partition coefficient (Wildman–Crippen LogP) is 6.21. The maximum atomic E-state index is 12.5. The van der Waals surface area contributed by atoms with Gasteiger partial charge in [0.25, 0.3) is 0 Å². The van der Waals surface area contributed by atoms with Gasteiger partial charge < -0.3 is 10.3 Å². The third-order valence-electron chi connectivity index (χ3n) is 4.00. The van der Waals surface area contributed by atoms with Crippen LogP contribution in [-0.4, -0.2) is 27.4 Å². The number of H-pyrrole nitrogens is 1. The van der Waals surface area contributed by atoms with Crippen LogP contribution in [0.4, 0.5) is 5.69 Å². The minimum atomic E-state index is -0.114. The van der Waals surface area contributed by atoms with Gasteiger partial charge in [-0.25, -0.2) is 4.98 Å². The van der Waals surface area contributed by atoms with Crippen molar-refractivity contribution in [3.63, 3.8) is 0 Å². The average Bonchev–Trinajstić information content (AvgIpc) is 3.52. The Kier molecular flexibility index (Phi) is 6.92. The topological polar surface area (TPSA) is 81.6 Å². The summed E-state index contributed by atoms with van der Waals surface area (Å²) in [5.41, 5.74) is 2.61. The van der Waals surface area contributed by atoms with Crippen LogP contribution in [0.2, 0.25) is 0 Å². The Balaban J connectivity index is 1.46. The van der Waals surface area contributed by atoms with Crippen molar-refractivity contribution in [3.8, 4) is 27.2 Å². The lowest BCUT2D eigenvalue weighted by atomic mass is 10.2. The molecule has 0 aliphatic carbocycles. The zero-order valence-electron chi connectivity index (χ0n) is 15.6. The maximum absolute atomic E-state index is 12.5. The molecule has 150 valence electrons. The molecule has 3 aromatic heterocycles. The van der Waals surface area contributed by atoms with E-state index in [0.29, 0.717) is 10.9 Å². The van der Waals surface area contributed by atoms with E-state index in [1.165, 1.54) is 23.5 Å². The number of carbonyl (C=O) groups is 1. The summed E-state index contributed by atoms with van der Waals surface area (Å²) in [6.45, 7) is 0. The number of carbonyl (C=O) groups excluding carboxylic acids is 1. The summed E-state index contributed by atoms with van der Waals surface area (Å²) < 4.78 is 0. The Morgan fingerprint density at radius 1 is 1.07 bits per heavy atom. The minimum absolute atomic E-state index is 0.114. The molecule has 0 atom stereocenters. The quantitative estimate of drug-likeness (QED) is 0.300. The van der Waals surface area contributed by atoms with E-state index < -0.39 is 0 Å². The van der Waals surface area contributed by atoms with Gasteiger partial charge in [0.15, 0.2) is 5.16 Å². The van der Waals surface area contributed by atoms with Crippen LogP contribution in [0, 0.1) is 11.3 Å². The molecular formula is C21H16N4OS4. The molecule has 0 aliphatic rings. The Morgan fingerprint density at radius 3 is 2.57 bits per heavy atom. The Morgan fingerprint density at radius 2 is 1.83 bits per heavy atom. The molecule has 0 saturated carbocycles. The van der Waals surface area contributed by atoms with E-state index in [9.17, 15) is 4.79 Å². The molecule has 0 spiro atoms. The van der Waals surface area contributed by atoms with Crippen molar-refractivity contribution in [2.24, 2.45) is 0 Å². The standard InChI is InChI=1S/C21H16N4OS4/c22-9-12-29-15-6-2-1-5-14(15)23-18(26)13-30-21-24-19(16-7-3-10-27-16)20(25-21)17-8-4-11-28-17/h1-8,10-11H,12-13H2,(H,23,26)(H,24,25). The van der Waals surface area contributed by atoms with E-state index in [0.717, 1.165) is 31.7 Å². The molecule has 0 fully saturated rings. The number of nitrogens with one attached hydrogen (secondary N) is 2. The highest BCUT2D eigenvalue weighted by Gasteiger charge is 2.17. The minimum Gasteiger partial charge on any atom is -0.332 e. The molecule has 3 heterocycles. The van der Waals surface area contributed by atoms with Crippen molar-refractivity contribution in [1.29, 1.82) is 5.26 Å². The number of nitrogens with zero attached hydrogens (tertiary/aromatic N) is 2. The van der Waals surface area contributed by atoms with E-state index in [-0.39, 0.29) is 11.7 Å². The maximum Gasteiger partial charge on any atom is 0.234 e. The van der Waals surface area contributed by atoms with Gasteiger partial charge in [-0.1, -0.05) is 36.0 Å². The highest BCUT2D eigenvalue weighted by molar-refractivity contribution is 8.00. The molecule has 5 nitrogen and oxygen atoms in total. The third-order valence-corrected chi connectivity index (χ3v) is 7.58. The molecule has 1 amide bonds. The van der Waals surface area contributed by atoms with Crippen LogP contribution < -0.4 is 5.32 Å². The first-order valence-corrected chi connectivity index (χ1v) is 12.7.